The molecule has 0 aromatic rings. The highest BCUT2D eigenvalue weighted by molar-refractivity contribution is 5.14. The Balaban J connectivity index is 4.02. The van der Waals surface area contributed by atoms with Crippen molar-refractivity contribution in [1.29, 1.82) is 0 Å². The molecule has 0 spiro atoms. The molecule has 0 rings (SSSR count). The van der Waals surface area contributed by atoms with Crippen molar-refractivity contribution in [2.75, 3.05) is 7.05 Å². The molecule has 0 heterocycles. The maximum Gasteiger partial charge on any atom is 0.0741 e. The van der Waals surface area contributed by atoms with E-state index in [2.05, 4.69) is 44.9 Å². The van der Waals surface area contributed by atoms with Crippen molar-refractivity contribution >= 4 is 0 Å². The summed E-state index contributed by atoms with van der Waals surface area (Å²) in [5, 5.41) is 3.12. The van der Waals surface area contributed by atoms with Crippen molar-refractivity contribution in [2.24, 2.45) is 5.92 Å². The third-order valence-electron chi connectivity index (χ3n) is 1.30. The highest BCUT2D eigenvalue weighted by atomic mass is 14.9. The van der Waals surface area contributed by atoms with Crippen LogP contribution in [0.4, 0.5) is 0 Å². The molecule has 0 amide bonds. The minimum absolute atomic E-state index is 0.0374. The fraction of sp³-hybridized carbons (Fsp3) is 0.778. The first kappa shape index (κ1) is 9.52. The summed E-state index contributed by atoms with van der Waals surface area (Å²) in [6.07, 6.45) is 0. The minimum atomic E-state index is -0.0374. The van der Waals surface area contributed by atoms with Gasteiger partial charge < -0.3 is 5.32 Å². The highest BCUT2D eigenvalue weighted by Crippen LogP contribution is 1.98. The summed E-state index contributed by atoms with van der Waals surface area (Å²) < 4.78 is 0. The number of nitrogens with one attached hydrogen (secondary N) is 1. The molecule has 10 heavy (non-hydrogen) atoms. The first-order chi connectivity index (χ1) is 4.48. The van der Waals surface area contributed by atoms with Gasteiger partial charge in [0, 0.05) is 5.92 Å². The Labute approximate surface area is 64.2 Å². The molecule has 0 aromatic carbocycles. The van der Waals surface area contributed by atoms with Crippen molar-refractivity contribution in [2.45, 2.75) is 33.2 Å². The van der Waals surface area contributed by atoms with Crippen molar-refractivity contribution in [1.82, 2.24) is 5.32 Å². The lowest BCUT2D eigenvalue weighted by Crippen LogP contribution is -2.34. The second-order valence-corrected chi connectivity index (χ2v) is 3.30. The Bertz CT molecular complexity index is 146. The third kappa shape index (κ3) is 4.40. The van der Waals surface area contributed by atoms with E-state index >= 15 is 0 Å². The predicted octanol–water partition coefficient (Wildman–Crippen LogP) is 1.64. The summed E-state index contributed by atoms with van der Waals surface area (Å²) in [5.41, 5.74) is -0.0374. The Morgan fingerprint density at radius 2 is 1.80 bits per heavy atom. The Kier molecular flexibility index (Phi) is 3.46. The van der Waals surface area contributed by atoms with Crippen LogP contribution in [0.3, 0.4) is 0 Å². The van der Waals surface area contributed by atoms with Gasteiger partial charge in [0.05, 0.1) is 5.54 Å². The van der Waals surface area contributed by atoms with Gasteiger partial charge >= 0.3 is 0 Å². The molecule has 0 saturated heterocycles. The van der Waals surface area contributed by atoms with Gasteiger partial charge in [-0.25, -0.2) is 0 Å². The monoisotopic (exact) mass is 139 g/mol. The van der Waals surface area contributed by atoms with Crippen LogP contribution in [-0.4, -0.2) is 12.6 Å². The molecule has 0 unspecified atom stereocenters. The van der Waals surface area contributed by atoms with Gasteiger partial charge in [0.15, 0.2) is 0 Å². The topological polar surface area (TPSA) is 12.0 Å². The van der Waals surface area contributed by atoms with E-state index in [4.69, 9.17) is 0 Å². The fourth-order valence-electron chi connectivity index (χ4n) is 0.387. The minimum Gasteiger partial charge on any atom is -0.305 e. The zero-order valence-corrected chi connectivity index (χ0v) is 7.58. The Hall–Kier alpha value is -0.480. The summed E-state index contributed by atoms with van der Waals surface area (Å²) in [6.45, 7) is 8.34. The Morgan fingerprint density at radius 1 is 1.30 bits per heavy atom. The molecule has 1 heteroatoms. The molecule has 0 aliphatic rings. The molecule has 58 valence electrons. The van der Waals surface area contributed by atoms with E-state index in [9.17, 15) is 0 Å². The van der Waals surface area contributed by atoms with Gasteiger partial charge in [-0.2, -0.15) is 0 Å². The van der Waals surface area contributed by atoms with Crippen LogP contribution >= 0.6 is 0 Å². The van der Waals surface area contributed by atoms with Crippen molar-refractivity contribution in [3.63, 3.8) is 0 Å². The highest BCUT2D eigenvalue weighted by Gasteiger charge is 2.08. The maximum absolute atomic E-state index is 3.15. The molecule has 0 radical (unpaired) electrons. The zero-order valence-electron chi connectivity index (χ0n) is 7.58. The molecule has 1 nitrogen and oxygen atoms in total. The summed E-state index contributed by atoms with van der Waals surface area (Å²) >= 11 is 0. The molecule has 0 fully saturated rings. The number of hydrogen-bond donors (Lipinski definition) is 1. The molecule has 1 N–H and O–H groups in total. The van der Waals surface area contributed by atoms with Gasteiger partial charge in [-0.05, 0) is 20.9 Å². The first-order valence-corrected chi connectivity index (χ1v) is 3.69. The molecule has 0 aliphatic carbocycles. The zero-order chi connectivity index (χ0) is 8.20. The van der Waals surface area contributed by atoms with Gasteiger partial charge in [-0.1, -0.05) is 25.7 Å². The molecule has 0 aliphatic heterocycles. The molecular weight excluding hydrogens is 122 g/mol. The summed E-state index contributed by atoms with van der Waals surface area (Å²) in [7, 11) is 1.93. The van der Waals surface area contributed by atoms with Crippen LogP contribution in [-0.2, 0) is 0 Å². The van der Waals surface area contributed by atoms with Gasteiger partial charge in [0.1, 0.15) is 0 Å². The lowest BCUT2D eigenvalue weighted by Gasteiger charge is -2.15. The molecule has 0 atom stereocenters. The number of hydrogen-bond acceptors (Lipinski definition) is 1. The van der Waals surface area contributed by atoms with Gasteiger partial charge in [0.25, 0.3) is 0 Å². The maximum atomic E-state index is 3.15. The second kappa shape index (κ2) is 3.63. The van der Waals surface area contributed by atoms with Crippen LogP contribution < -0.4 is 5.32 Å². The average molecular weight is 139 g/mol. The third-order valence-corrected chi connectivity index (χ3v) is 1.30. The van der Waals surface area contributed by atoms with E-state index in [1.807, 2.05) is 7.05 Å². The molecule has 0 saturated carbocycles. The van der Waals surface area contributed by atoms with Crippen LogP contribution in [0.1, 0.15) is 27.7 Å². The normalized spacial score (nSPS) is 11.0. The quantitative estimate of drug-likeness (QED) is 0.545. The average Bonchev–Trinajstić information content (AvgIpc) is 1.85. The lowest BCUT2D eigenvalue weighted by atomic mass is 10.1. The fourth-order valence-corrected chi connectivity index (χ4v) is 0.387. The van der Waals surface area contributed by atoms with Crippen LogP contribution in [0.5, 0.6) is 0 Å². The van der Waals surface area contributed by atoms with Crippen LogP contribution in [0.15, 0.2) is 0 Å². The van der Waals surface area contributed by atoms with E-state index in [0.717, 1.165) is 0 Å². The Morgan fingerprint density at radius 3 is 2.10 bits per heavy atom. The van der Waals surface area contributed by atoms with Crippen molar-refractivity contribution in [3.8, 4) is 11.8 Å². The van der Waals surface area contributed by atoms with E-state index in [1.165, 1.54) is 0 Å². The second-order valence-electron chi connectivity index (χ2n) is 3.30. The van der Waals surface area contributed by atoms with Crippen LogP contribution in [0.2, 0.25) is 0 Å². The summed E-state index contributed by atoms with van der Waals surface area (Å²) in [4.78, 5) is 0. The summed E-state index contributed by atoms with van der Waals surface area (Å²) in [6, 6.07) is 0. The smallest absolute Gasteiger partial charge is 0.0741 e. The van der Waals surface area contributed by atoms with Crippen molar-refractivity contribution < 1.29 is 0 Å². The summed E-state index contributed by atoms with van der Waals surface area (Å²) in [5.74, 6) is 6.74. The van der Waals surface area contributed by atoms with Crippen molar-refractivity contribution in [3.05, 3.63) is 0 Å². The van der Waals surface area contributed by atoms with E-state index in [0.29, 0.717) is 5.92 Å². The van der Waals surface area contributed by atoms with E-state index in [-0.39, 0.29) is 5.54 Å². The lowest BCUT2D eigenvalue weighted by molar-refractivity contribution is 0.546. The van der Waals surface area contributed by atoms with Gasteiger partial charge in [0.2, 0.25) is 0 Å². The predicted molar refractivity (Wildman–Crippen MR) is 45.8 cm³/mol. The van der Waals surface area contributed by atoms with E-state index in [1.54, 1.807) is 0 Å². The van der Waals surface area contributed by atoms with E-state index < -0.39 is 0 Å². The standard InChI is InChI=1S/C9H17N/c1-8(2)6-7-9(3,4)10-5/h8,10H,1-5H3. The van der Waals surface area contributed by atoms with Crippen LogP contribution in [0, 0.1) is 17.8 Å². The SMILES string of the molecule is CNC(C)(C)C#CC(C)C. The first-order valence-electron chi connectivity index (χ1n) is 3.69. The molecule has 0 bridgehead atoms. The van der Waals surface area contributed by atoms with Gasteiger partial charge in [-0.15, -0.1) is 0 Å². The largest absolute Gasteiger partial charge is 0.305 e. The number of rotatable bonds is 1. The molecular formula is C9H17N. The molecule has 0 aromatic heterocycles. The van der Waals surface area contributed by atoms with Crippen LogP contribution in [0.25, 0.3) is 0 Å². The van der Waals surface area contributed by atoms with Gasteiger partial charge in [-0.3, -0.25) is 0 Å².